The van der Waals surface area contributed by atoms with E-state index in [0.29, 0.717) is 5.82 Å². The van der Waals surface area contributed by atoms with Crippen LogP contribution in [0, 0.1) is 6.92 Å². The number of aromatic amines is 1. The largest absolute Gasteiger partial charge is 0.341 e. The Balaban J connectivity index is 1.96. The van der Waals surface area contributed by atoms with Gasteiger partial charge in [0.05, 0.1) is 23.6 Å². The molecule has 1 aromatic carbocycles. The van der Waals surface area contributed by atoms with E-state index in [9.17, 15) is 8.78 Å². The van der Waals surface area contributed by atoms with Crippen LogP contribution in [0.1, 0.15) is 23.9 Å². The summed E-state index contributed by atoms with van der Waals surface area (Å²) in [6.45, 7) is 1.72. The Labute approximate surface area is 97.2 Å². The zero-order chi connectivity index (χ0) is 12.0. The third kappa shape index (κ3) is 1.91. The normalized spacial score (nSPS) is 23.4. The van der Waals surface area contributed by atoms with E-state index in [1.165, 1.54) is 0 Å². The molecule has 3 rings (SSSR count). The average molecular weight is 237 g/mol. The van der Waals surface area contributed by atoms with Gasteiger partial charge in [0.25, 0.3) is 5.92 Å². The molecule has 1 unspecified atom stereocenters. The summed E-state index contributed by atoms with van der Waals surface area (Å²) in [5.41, 5.74) is 2.84. The Kier molecular flexibility index (Phi) is 2.19. The number of benzene rings is 1. The third-order valence-corrected chi connectivity index (χ3v) is 3.10. The van der Waals surface area contributed by atoms with Crippen molar-refractivity contribution in [2.45, 2.75) is 25.3 Å². The summed E-state index contributed by atoms with van der Waals surface area (Å²) in [7, 11) is 0. The van der Waals surface area contributed by atoms with E-state index in [4.69, 9.17) is 0 Å². The fraction of sp³-hybridized carbons (Fsp3) is 0.417. The van der Waals surface area contributed by atoms with Crippen molar-refractivity contribution in [3.05, 3.63) is 29.6 Å². The zero-order valence-electron chi connectivity index (χ0n) is 9.43. The van der Waals surface area contributed by atoms with E-state index in [2.05, 4.69) is 15.3 Å². The lowest BCUT2D eigenvalue weighted by atomic mass is 10.2. The predicted octanol–water partition coefficient (Wildman–Crippen LogP) is 2.54. The van der Waals surface area contributed by atoms with E-state index >= 15 is 0 Å². The molecular weight excluding hydrogens is 224 g/mol. The van der Waals surface area contributed by atoms with Gasteiger partial charge in [-0.15, -0.1) is 0 Å². The van der Waals surface area contributed by atoms with Crippen molar-refractivity contribution in [1.82, 2.24) is 15.3 Å². The predicted molar refractivity (Wildman–Crippen MR) is 61.1 cm³/mol. The van der Waals surface area contributed by atoms with E-state index in [1.54, 1.807) is 0 Å². The number of imidazole rings is 1. The van der Waals surface area contributed by atoms with Crippen molar-refractivity contribution >= 4 is 11.0 Å². The van der Waals surface area contributed by atoms with Crippen LogP contribution in [0.4, 0.5) is 8.78 Å². The maximum atomic E-state index is 13.1. The van der Waals surface area contributed by atoms with Crippen LogP contribution < -0.4 is 5.32 Å². The van der Waals surface area contributed by atoms with Crippen molar-refractivity contribution in [2.24, 2.45) is 0 Å². The van der Waals surface area contributed by atoms with Crippen molar-refractivity contribution in [1.29, 1.82) is 0 Å². The number of H-pyrrole nitrogens is 1. The molecule has 0 bridgehead atoms. The molecule has 17 heavy (non-hydrogen) atoms. The molecule has 90 valence electrons. The standard InChI is InChI=1S/C12H13F2N3/c1-7-2-3-8-9(4-7)17-11(16-8)10-5-12(13,14)6-15-10/h2-4,10,15H,5-6H2,1H3,(H,16,17). The van der Waals surface area contributed by atoms with E-state index < -0.39 is 5.92 Å². The molecular formula is C12H13F2N3. The first-order valence-corrected chi connectivity index (χ1v) is 5.61. The summed E-state index contributed by atoms with van der Waals surface area (Å²) in [5.74, 6) is -2.03. The van der Waals surface area contributed by atoms with Crippen LogP contribution >= 0.6 is 0 Å². The van der Waals surface area contributed by atoms with Crippen molar-refractivity contribution in [3.8, 4) is 0 Å². The molecule has 2 aromatic rings. The number of nitrogens with zero attached hydrogens (tertiary/aromatic N) is 1. The number of aromatic nitrogens is 2. The Morgan fingerprint density at radius 1 is 1.41 bits per heavy atom. The second-order valence-electron chi connectivity index (χ2n) is 4.64. The van der Waals surface area contributed by atoms with Crippen molar-refractivity contribution in [3.63, 3.8) is 0 Å². The van der Waals surface area contributed by atoms with Crippen LogP contribution in [0.25, 0.3) is 11.0 Å². The number of alkyl halides is 2. The second-order valence-corrected chi connectivity index (χ2v) is 4.64. The second kappa shape index (κ2) is 3.50. The van der Waals surface area contributed by atoms with Crippen LogP contribution in [-0.4, -0.2) is 22.4 Å². The topological polar surface area (TPSA) is 40.7 Å². The summed E-state index contributed by atoms with van der Waals surface area (Å²) < 4.78 is 26.2. The molecule has 0 amide bonds. The van der Waals surface area contributed by atoms with Crippen molar-refractivity contribution < 1.29 is 8.78 Å². The summed E-state index contributed by atoms with van der Waals surface area (Å²) in [6.07, 6.45) is -0.189. The highest BCUT2D eigenvalue weighted by Gasteiger charge is 2.40. The van der Waals surface area contributed by atoms with Gasteiger partial charge in [-0.2, -0.15) is 0 Å². The fourth-order valence-corrected chi connectivity index (χ4v) is 2.22. The number of hydrogen-bond donors (Lipinski definition) is 2. The lowest BCUT2D eigenvalue weighted by Crippen LogP contribution is -2.19. The molecule has 3 nitrogen and oxygen atoms in total. The fourth-order valence-electron chi connectivity index (χ4n) is 2.22. The van der Waals surface area contributed by atoms with Gasteiger partial charge in [-0.25, -0.2) is 13.8 Å². The Morgan fingerprint density at radius 2 is 2.24 bits per heavy atom. The molecule has 0 aliphatic carbocycles. The molecule has 1 aliphatic heterocycles. The van der Waals surface area contributed by atoms with Crippen LogP contribution in [0.3, 0.4) is 0 Å². The molecule has 2 N–H and O–H groups in total. The lowest BCUT2D eigenvalue weighted by Gasteiger charge is -2.06. The Bertz CT molecular complexity index is 562. The molecule has 0 spiro atoms. The Morgan fingerprint density at radius 3 is 2.94 bits per heavy atom. The molecule has 0 radical (unpaired) electrons. The minimum absolute atomic E-state index is 0.189. The van der Waals surface area contributed by atoms with E-state index in [0.717, 1.165) is 16.6 Å². The average Bonchev–Trinajstić information content (AvgIpc) is 2.80. The highest BCUT2D eigenvalue weighted by molar-refractivity contribution is 5.75. The van der Waals surface area contributed by atoms with E-state index in [1.807, 2.05) is 25.1 Å². The zero-order valence-corrected chi connectivity index (χ0v) is 9.43. The third-order valence-electron chi connectivity index (χ3n) is 3.10. The van der Waals surface area contributed by atoms with Gasteiger partial charge in [-0.05, 0) is 24.6 Å². The van der Waals surface area contributed by atoms with Crippen LogP contribution in [0.15, 0.2) is 18.2 Å². The first-order valence-electron chi connectivity index (χ1n) is 5.61. The highest BCUT2D eigenvalue weighted by atomic mass is 19.3. The van der Waals surface area contributed by atoms with Gasteiger partial charge in [0, 0.05) is 6.42 Å². The van der Waals surface area contributed by atoms with Gasteiger partial charge in [0.2, 0.25) is 0 Å². The van der Waals surface area contributed by atoms with Gasteiger partial charge in [-0.3, -0.25) is 0 Å². The molecule has 1 fully saturated rings. The monoisotopic (exact) mass is 237 g/mol. The number of nitrogens with one attached hydrogen (secondary N) is 2. The number of halogens is 2. The first-order chi connectivity index (χ1) is 8.03. The van der Waals surface area contributed by atoms with E-state index in [-0.39, 0.29) is 19.0 Å². The molecule has 0 saturated carbocycles. The first kappa shape index (κ1) is 10.7. The van der Waals surface area contributed by atoms with Gasteiger partial charge in [0.15, 0.2) is 0 Å². The molecule has 5 heteroatoms. The number of fused-ring (bicyclic) bond motifs is 1. The number of rotatable bonds is 1. The lowest BCUT2D eigenvalue weighted by molar-refractivity contribution is 0.0208. The highest BCUT2D eigenvalue weighted by Crippen LogP contribution is 2.33. The summed E-state index contributed by atoms with van der Waals surface area (Å²) in [5, 5.41) is 2.79. The minimum atomic E-state index is -2.63. The Hall–Kier alpha value is -1.49. The van der Waals surface area contributed by atoms with Gasteiger partial charge >= 0.3 is 0 Å². The van der Waals surface area contributed by atoms with Gasteiger partial charge in [0.1, 0.15) is 5.82 Å². The summed E-state index contributed by atoms with van der Waals surface area (Å²) >= 11 is 0. The maximum absolute atomic E-state index is 13.1. The molecule has 1 aromatic heterocycles. The molecule has 2 heterocycles. The summed E-state index contributed by atoms with van der Waals surface area (Å²) in [6, 6.07) is 5.46. The van der Waals surface area contributed by atoms with Crippen molar-refractivity contribution in [2.75, 3.05) is 6.54 Å². The minimum Gasteiger partial charge on any atom is -0.341 e. The van der Waals surface area contributed by atoms with Crippen LogP contribution in [0.2, 0.25) is 0 Å². The quantitative estimate of drug-likeness (QED) is 0.800. The molecule has 1 atom stereocenters. The smallest absolute Gasteiger partial charge is 0.262 e. The van der Waals surface area contributed by atoms with Gasteiger partial charge in [-0.1, -0.05) is 6.07 Å². The van der Waals surface area contributed by atoms with Crippen LogP contribution in [0.5, 0.6) is 0 Å². The molecule has 1 aliphatic rings. The number of aryl methyl sites for hydroxylation is 1. The molecule has 1 saturated heterocycles. The van der Waals surface area contributed by atoms with Crippen LogP contribution in [-0.2, 0) is 0 Å². The summed E-state index contributed by atoms with van der Waals surface area (Å²) in [4.78, 5) is 7.46. The SMILES string of the molecule is Cc1ccc2nc(C3CC(F)(F)CN3)[nH]c2c1. The maximum Gasteiger partial charge on any atom is 0.262 e. The number of hydrogen-bond acceptors (Lipinski definition) is 2. The van der Waals surface area contributed by atoms with Gasteiger partial charge < -0.3 is 10.3 Å².